The van der Waals surface area contributed by atoms with Gasteiger partial charge in [-0.1, -0.05) is 23.7 Å². The van der Waals surface area contributed by atoms with Crippen LogP contribution in [0.5, 0.6) is 0 Å². The summed E-state index contributed by atoms with van der Waals surface area (Å²) >= 11 is 7.69. The van der Waals surface area contributed by atoms with E-state index in [1.54, 1.807) is 11.3 Å². The van der Waals surface area contributed by atoms with Gasteiger partial charge in [0.1, 0.15) is 0 Å². The molecule has 1 aromatic carbocycles. The first-order chi connectivity index (χ1) is 9.45. The molecule has 0 bridgehead atoms. The van der Waals surface area contributed by atoms with Crippen molar-refractivity contribution < 1.29 is 0 Å². The van der Waals surface area contributed by atoms with Crippen molar-refractivity contribution in [2.24, 2.45) is 0 Å². The van der Waals surface area contributed by atoms with Crippen molar-refractivity contribution in [3.05, 3.63) is 50.4 Å². The van der Waals surface area contributed by atoms with Crippen molar-refractivity contribution in [2.45, 2.75) is 46.2 Å². The lowest BCUT2D eigenvalue weighted by Crippen LogP contribution is -2.30. The van der Waals surface area contributed by atoms with Gasteiger partial charge < -0.3 is 5.32 Å². The lowest BCUT2D eigenvalue weighted by Gasteiger charge is -2.19. The molecule has 20 heavy (non-hydrogen) atoms. The molecule has 0 aliphatic heterocycles. The lowest BCUT2D eigenvalue weighted by molar-refractivity contribution is 0.480. The number of nitrogens with zero attached hydrogens (tertiary/aromatic N) is 1. The summed E-state index contributed by atoms with van der Waals surface area (Å²) in [6, 6.07) is 8.82. The minimum Gasteiger partial charge on any atom is -0.307 e. The first-order valence-corrected chi connectivity index (χ1v) is 8.09. The minimum atomic E-state index is 0.337. The van der Waals surface area contributed by atoms with Gasteiger partial charge in [-0.2, -0.15) is 0 Å². The van der Waals surface area contributed by atoms with E-state index in [0.29, 0.717) is 12.1 Å². The van der Waals surface area contributed by atoms with E-state index >= 15 is 0 Å². The Kier molecular flexibility index (Phi) is 5.19. The molecule has 0 radical (unpaired) electrons. The average molecular weight is 309 g/mol. The molecule has 0 saturated carbocycles. The molecule has 1 heterocycles. The van der Waals surface area contributed by atoms with Crippen molar-refractivity contribution in [3.63, 3.8) is 0 Å². The first-order valence-electron chi connectivity index (χ1n) is 6.90. The summed E-state index contributed by atoms with van der Waals surface area (Å²) in [5.41, 5.74) is 2.45. The minimum absolute atomic E-state index is 0.337. The van der Waals surface area contributed by atoms with Gasteiger partial charge in [-0.25, -0.2) is 4.98 Å². The van der Waals surface area contributed by atoms with Crippen molar-refractivity contribution in [2.75, 3.05) is 0 Å². The maximum absolute atomic E-state index is 5.91. The van der Waals surface area contributed by atoms with Crippen LogP contribution < -0.4 is 5.32 Å². The molecule has 4 heteroatoms. The second kappa shape index (κ2) is 6.70. The molecule has 0 aliphatic rings. The second-order valence-corrected chi connectivity index (χ2v) is 6.97. The zero-order valence-electron chi connectivity index (χ0n) is 12.4. The highest BCUT2D eigenvalue weighted by molar-refractivity contribution is 7.11. The van der Waals surface area contributed by atoms with Gasteiger partial charge in [0.15, 0.2) is 0 Å². The molecule has 2 atom stereocenters. The van der Waals surface area contributed by atoms with Crippen LogP contribution in [-0.2, 0) is 6.42 Å². The Morgan fingerprint density at radius 1 is 1.20 bits per heavy atom. The second-order valence-electron chi connectivity index (χ2n) is 5.30. The number of hydrogen-bond donors (Lipinski definition) is 1. The average Bonchev–Trinajstić information content (AvgIpc) is 2.71. The van der Waals surface area contributed by atoms with Crippen LogP contribution in [0.1, 0.15) is 41.0 Å². The molecule has 0 fully saturated rings. The molecule has 0 saturated heterocycles. The third-order valence-electron chi connectivity index (χ3n) is 3.32. The SMILES string of the molecule is Cc1nc(C)c(C(C)NC(C)Cc2ccc(Cl)cc2)s1. The topological polar surface area (TPSA) is 24.9 Å². The number of rotatable bonds is 5. The summed E-state index contributed by atoms with van der Waals surface area (Å²) in [7, 11) is 0. The third-order valence-corrected chi connectivity index (χ3v) is 4.83. The fourth-order valence-corrected chi connectivity index (χ4v) is 3.55. The van der Waals surface area contributed by atoms with Gasteiger partial charge in [0, 0.05) is 22.0 Å². The van der Waals surface area contributed by atoms with Crippen LogP contribution in [-0.4, -0.2) is 11.0 Å². The number of aryl methyl sites for hydroxylation is 2. The highest BCUT2D eigenvalue weighted by atomic mass is 35.5. The number of hydrogen-bond acceptors (Lipinski definition) is 3. The Hall–Kier alpha value is -0.900. The molecule has 108 valence electrons. The molecule has 1 N–H and O–H groups in total. The standard InChI is InChI=1S/C16H21ClN2S/c1-10(9-14-5-7-15(17)8-6-14)18-11(2)16-12(3)19-13(4)20-16/h5-8,10-11,18H,9H2,1-4H3. The van der Waals surface area contributed by atoms with Crippen LogP contribution >= 0.6 is 22.9 Å². The Labute approximate surface area is 130 Å². The Morgan fingerprint density at radius 2 is 1.85 bits per heavy atom. The molecule has 2 rings (SSSR count). The molecular formula is C16H21ClN2S. The number of thiazole rings is 1. The van der Waals surface area contributed by atoms with Gasteiger partial charge in [-0.15, -0.1) is 11.3 Å². The summed E-state index contributed by atoms with van der Waals surface area (Å²) in [5, 5.41) is 5.58. The maximum atomic E-state index is 5.91. The molecule has 2 unspecified atom stereocenters. The highest BCUT2D eigenvalue weighted by Crippen LogP contribution is 2.25. The smallest absolute Gasteiger partial charge is 0.0900 e. The van der Waals surface area contributed by atoms with E-state index in [4.69, 9.17) is 11.6 Å². The van der Waals surface area contributed by atoms with Crippen LogP contribution in [0, 0.1) is 13.8 Å². The Bertz CT molecular complexity index is 562. The van der Waals surface area contributed by atoms with Gasteiger partial charge in [0.05, 0.1) is 10.7 Å². The van der Waals surface area contributed by atoms with Gasteiger partial charge >= 0.3 is 0 Å². The summed E-state index contributed by atoms with van der Waals surface area (Å²) < 4.78 is 0. The molecule has 2 nitrogen and oxygen atoms in total. The van der Waals surface area contributed by atoms with Gasteiger partial charge in [0.2, 0.25) is 0 Å². The number of benzene rings is 1. The van der Waals surface area contributed by atoms with E-state index < -0.39 is 0 Å². The van der Waals surface area contributed by atoms with Crippen molar-refractivity contribution in [1.82, 2.24) is 10.3 Å². The summed E-state index contributed by atoms with van der Waals surface area (Å²) in [5.74, 6) is 0. The molecule has 0 spiro atoms. The molecule has 0 aliphatic carbocycles. The van der Waals surface area contributed by atoms with Crippen molar-refractivity contribution in [1.29, 1.82) is 0 Å². The molecular weight excluding hydrogens is 288 g/mol. The number of halogens is 1. The zero-order chi connectivity index (χ0) is 14.7. The van der Waals surface area contributed by atoms with E-state index in [1.165, 1.54) is 10.4 Å². The van der Waals surface area contributed by atoms with Gasteiger partial charge in [-0.05, 0) is 51.8 Å². The lowest BCUT2D eigenvalue weighted by atomic mass is 10.1. The largest absolute Gasteiger partial charge is 0.307 e. The summed E-state index contributed by atoms with van der Waals surface area (Å²) in [6.07, 6.45) is 0.998. The highest BCUT2D eigenvalue weighted by Gasteiger charge is 2.15. The molecule has 1 aromatic heterocycles. The van der Waals surface area contributed by atoms with Crippen LogP contribution in [0.4, 0.5) is 0 Å². The zero-order valence-corrected chi connectivity index (χ0v) is 14.0. The fraction of sp³-hybridized carbons (Fsp3) is 0.438. The fourth-order valence-electron chi connectivity index (χ4n) is 2.48. The monoisotopic (exact) mass is 308 g/mol. The molecule has 2 aromatic rings. The normalized spacial score (nSPS) is 14.2. The van der Waals surface area contributed by atoms with E-state index in [9.17, 15) is 0 Å². The maximum Gasteiger partial charge on any atom is 0.0900 e. The predicted molar refractivity (Wildman–Crippen MR) is 87.8 cm³/mol. The summed E-state index contributed by atoms with van der Waals surface area (Å²) in [4.78, 5) is 5.84. The first kappa shape index (κ1) is 15.5. The van der Waals surface area contributed by atoms with E-state index in [2.05, 4.69) is 50.1 Å². The predicted octanol–water partition coefficient (Wildman–Crippen LogP) is 4.70. The Morgan fingerprint density at radius 3 is 2.40 bits per heavy atom. The number of aromatic nitrogens is 1. The van der Waals surface area contributed by atoms with E-state index in [-0.39, 0.29) is 0 Å². The van der Waals surface area contributed by atoms with Gasteiger partial charge in [-0.3, -0.25) is 0 Å². The number of nitrogens with one attached hydrogen (secondary N) is 1. The third kappa shape index (κ3) is 4.05. The van der Waals surface area contributed by atoms with Crippen LogP contribution in [0.3, 0.4) is 0 Å². The van der Waals surface area contributed by atoms with Crippen LogP contribution in [0.25, 0.3) is 0 Å². The van der Waals surface area contributed by atoms with Gasteiger partial charge in [0.25, 0.3) is 0 Å². The quantitative estimate of drug-likeness (QED) is 0.866. The van der Waals surface area contributed by atoms with E-state index in [1.807, 2.05) is 12.1 Å². The van der Waals surface area contributed by atoms with Crippen molar-refractivity contribution in [3.8, 4) is 0 Å². The Balaban J connectivity index is 1.95. The summed E-state index contributed by atoms with van der Waals surface area (Å²) in [6.45, 7) is 8.57. The van der Waals surface area contributed by atoms with E-state index in [0.717, 1.165) is 22.1 Å². The van der Waals surface area contributed by atoms with Crippen molar-refractivity contribution >= 4 is 22.9 Å². The van der Waals surface area contributed by atoms with Crippen LogP contribution in [0.15, 0.2) is 24.3 Å². The molecule has 0 amide bonds. The van der Waals surface area contributed by atoms with Crippen LogP contribution in [0.2, 0.25) is 5.02 Å².